The summed E-state index contributed by atoms with van der Waals surface area (Å²) in [4.78, 5) is 11.4. The molecular formula is C26H42O3. The van der Waals surface area contributed by atoms with E-state index in [0.29, 0.717) is 22.7 Å². The van der Waals surface area contributed by atoms with E-state index in [1.165, 1.54) is 39.0 Å². The van der Waals surface area contributed by atoms with Crippen LogP contribution in [0.2, 0.25) is 0 Å². The molecule has 0 aliphatic heterocycles. The number of hydrogen-bond donors (Lipinski definition) is 1. The zero-order chi connectivity index (χ0) is 21.0. The molecule has 0 radical (unpaired) electrons. The fraction of sp³-hybridized carbons (Fsp3) is 0.885. The van der Waals surface area contributed by atoms with Crippen molar-refractivity contribution in [2.24, 2.45) is 40.4 Å². The topological polar surface area (TPSA) is 46.5 Å². The van der Waals surface area contributed by atoms with Gasteiger partial charge in [-0.1, -0.05) is 39.3 Å². The van der Waals surface area contributed by atoms with Gasteiger partial charge in [0.25, 0.3) is 0 Å². The highest BCUT2D eigenvalue weighted by Crippen LogP contribution is 2.67. The van der Waals surface area contributed by atoms with Crippen molar-refractivity contribution in [1.82, 2.24) is 0 Å². The third kappa shape index (κ3) is 3.40. The van der Waals surface area contributed by atoms with Crippen molar-refractivity contribution >= 4 is 5.97 Å². The Hall–Kier alpha value is -0.830. The van der Waals surface area contributed by atoms with Gasteiger partial charge in [-0.15, -0.1) is 0 Å². The Bertz CT molecular complexity index is 669. The number of aliphatic hydroxyl groups excluding tert-OH is 1. The van der Waals surface area contributed by atoms with Crippen LogP contribution in [0.3, 0.4) is 0 Å². The summed E-state index contributed by atoms with van der Waals surface area (Å²) < 4.78 is 5.58. The molecule has 3 heteroatoms. The normalized spacial score (nSPS) is 46.0. The summed E-state index contributed by atoms with van der Waals surface area (Å²) in [6.07, 6.45) is 13.0. The van der Waals surface area contributed by atoms with E-state index in [9.17, 15) is 9.90 Å². The fourth-order valence-corrected chi connectivity index (χ4v) is 8.51. The summed E-state index contributed by atoms with van der Waals surface area (Å²) in [5.74, 6) is 3.32. The molecule has 0 heterocycles. The SMILES string of the molecule is CCC(O)[C@@H](C)[C@H]1CC[C@H]2[C@@H]3CC=C4C[C@@H](OC(C)=O)CC[C@]4(C)[C@H]3CC[C@]12C. The zero-order valence-corrected chi connectivity index (χ0v) is 19.2. The van der Waals surface area contributed by atoms with Crippen molar-refractivity contribution in [3.8, 4) is 0 Å². The molecule has 9 atom stereocenters. The third-order valence-corrected chi connectivity index (χ3v) is 10.1. The number of allylic oxidation sites excluding steroid dienone is 1. The molecule has 0 aromatic rings. The molecule has 4 aliphatic rings. The Labute approximate surface area is 177 Å². The Morgan fingerprint density at radius 3 is 2.66 bits per heavy atom. The molecule has 4 rings (SSSR count). The van der Waals surface area contributed by atoms with Crippen molar-refractivity contribution in [1.29, 1.82) is 0 Å². The summed E-state index contributed by atoms with van der Waals surface area (Å²) in [5, 5.41) is 10.6. The number of hydrogen-bond acceptors (Lipinski definition) is 3. The number of ether oxygens (including phenoxy) is 1. The Morgan fingerprint density at radius 2 is 1.97 bits per heavy atom. The largest absolute Gasteiger partial charge is 0.462 e. The summed E-state index contributed by atoms with van der Waals surface area (Å²) in [7, 11) is 0. The average Bonchev–Trinajstić information content (AvgIpc) is 3.03. The van der Waals surface area contributed by atoms with Crippen LogP contribution in [0.25, 0.3) is 0 Å². The van der Waals surface area contributed by atoms with Crippen LogP contribution >= 0.6 is 0 Å². The minimum absolute atomic E-state index is 0.0875. The third-order valence-electron chi connectivity index (χ3n) is 10.1. The van der Waals surface area contributed by atoms with E-state index in [2.05, 4.69) is 33.8 Å². The predicted molar refractivity (Wildman–Crippen MR) is 116 cm³/mol. The lowest BCUT2D eigenvalue weighted by molar-refractivity contribution is -0.148. The molecule has 0 aromatic carbocycles. The molecule has 29 heavy (non-hydrogen) atoms. The number of carbonyl (C=O) groups is 1. The van der Waals surface area contributed by atoms with E-state index < -0.39 is 0 Å². The van der Waals surface area contributed by atoms with Crippen molar-refractivity contribution in [3.05, 3.63) is 11.6 Å². The van der Waals surface area contributed by atoms with Crippen LogP contribution in [0, 0.1) is 40.4 Å². The maximum absolute atomic E-state index is 11.4. The lowest BCUT2D eigenvalue weighted by atomic mass is 9.47. The lowest BCUT2D eigenvalue weighted by Crippen LogP contribution is -2.51. The quantitative estimate of drug-likeness (QED) is 0.470. The second kappa shape index (κ2) is 7.70. The first-order valence-electron chi connectivity index (χ1n) is 12.3. The molecule has 0 spiro atoms. The second-order valence-corrected chi connectivity index (χ2v) is 11.3. The molecule has 0 amide bonds. The monoisotopic (exact) mass is 402 g/mol. The van der Waals surface area contributed by atoms with Crippen LogP contribution in [0.1, 0.15) is 92.4 Å². The molecule has 0 bridgehead atoms. The van der Waals surface area contributed by atoms with Gasteiger partial charge in [-0.3, -0.25) is 4.79 Å². The molecular weight excluding hydrogens is 360 g/mol. The standard InChI is InChI=1S/C26H42O3/c1-6-24(28)16(2)21-9-10-22-20-8-7-18-15-19(29-17(3)27)11-13-25(18,4)23(20)12-14-26(21,22)5/h7,16,19-24,28H,6,8-15H2,1-5H3/t16-,19-,20-,21+,22-,23-,24?,25-,26+/m0/s1. The summed E-state index contributed by atoms with van der Waals surface area (Å²) in [5.41, 5.74) is 2.27. The van der Waals surface area contributed by atoms with Gasteiger partial charge in [0, 0.05) is 13.3 Å². The molecule has 164 valence electrons. The van der Waals surface area contributed by atoms with Crippen LogP contribution in [0.15, 0.2) is 11.6 Å². The van der Waals surface area contributed by atoms with E-state index >= 15 is 0 Å². The van der Waals surface area contributed by atoms with Crippen LogP contribution in [0.4, 0.5) is 0 Å². The minimum atomic E-state index is -0.153. The van der Waals surface area contributed by atoms with Gasteiger partial charge in [-0.05, 0) is 91.8 Å². The molecule has 3 fully saturated rings. The molecule has 0 aromatic heterocycles. The predicted octanol–water partition coefficient (Wildman–Crippen LogP) is 5.90. The van der Waals surface area contributed by atoms with Gasteiger partial charge in [-0.2, -0.15) is 0 Å². The zero-order valence-electron chi connectivity index (χ0n) is 19.2. The lowest BCUT2D eigenvalue weighted by Gasteiger charge is -2.58. The van der Waals surface area contributed by atoms with Gasteiger partial charge in [0.1, 0.15) is 6.10 Å². The van der Waals surface area contributed by atoms with Crippen LogP contribution < -0.4 is 0 Å². The van der Waals surface area contributed by atoms with E-state index in [1.54, 1.807) is 5.57 Å². The molecule has 1 N–H and O–H groups in total. The second-order valence-electron chi connectivity index (χ2n) is 11.3. The summed E-state index contributed by atoms with van der Waals surface area (Å²) in [6.45, 7) is 11.0. The smallest absolute Gasteiger partial charge is 0.302 e. The highest BCUT2D eigenvalue weighted by atomic mass is 16.5. The van der Waals surface area contributed by atoms with Crippen LogP contribution in [-0.4, -0.2) is 23.3 Å². The molecule has 3 saturated carbocycles. The first-order chi connectivity index (χ1) is 13.7. The van der Waals surface area contributed by atoms with Crippen molar-refractivity contribution in [2.75, 3.05) is 0 Å². The fourth-order valence-electron chi connectivity index (χ4n) is 8.51. The van der Waals surface area contributed by atoms with Crippen LogP contribution in [-0.2, 0) is 9.53 Å². The maximum atomic E-state index is 11.4. The first-order valence-corrected chi connectivity index (χ1v) is 12.3. The number of carbonyl (C=O) groups excluding carboxylic acids is 1. The Kier molecular flexibility index (Phi) is 5.68. The minimum Gasteiger partial charge on any atom is -0.462 e. The number of esters is 1. The van der Waals surface area contributed by atoms with E-state index in [4.69, 9.17) is 4.74 Å². The maximum Gasteiger partial charge on any atom is 0.302 e. The molecule has 1 unspecified atom stereocenters. The van der Waals surface area contributed by atoms with Gasteiger partial charge >= 0.3 is 5.97 Å². The number of rotatable bonds is 4. The molecule has 4 aliphatic carbocycles. The highest BCUT2D eigenvalue weighted by molar-refractivity contribution is 5.66. The number of aliphatic hydroxyl groups is 1. The van der Waals surface area contributed by atoms with E-state index in [1.807, 2.05) is 0 Å². The van der Waals surface area contributed by atoms with Crippen molar-refractivity contribution < 1.29 is 14.6 Å². The first kappa shape index (κ1) is 21.4. The van der Waals surface area contributed by atoms with E-state index in [-0.39, 0.29) is 18.2 Å². The van der Waals surface area contributed by atoms with Gasteiger partial charge in [0.15, 0.2) is 0 Å². The van der Waals surface area contributed by atoms with Gasteiger partial charge in [0.05, 0.1) is 6.10 Å². The van der Waals surface area contributed by atoms with Crippen molar-refractivity contribution in [2.45, 2.75) is 105 Å². The Balaban J connectivity index is 1.55. The van der Waals surface area contributed by atoms with Crippen molar-refractivity contribution in [3.63, 3.8) is 0 Å². The number of fused-ring (bicyclic) bond motifs is 5. The Morgan fingerprint density at radius 1 is 1.21 bits per heavy atom. The average molecular weight is 403 g/mol. The molecule has 3 nitrogen and oxygen atoms in total. The summed E-state index contributed by atoms with van der Waals surface area (Å²) >= 11 is 0. The van der Waals surface area contributed by atoms with Gasteiger partial charge in [0.2, 0.25) is 0 Å². The van der Waals surface area contributed by atoms with Gasteiger partial charge < -0.3 is 9.84 Å². The van der Waals surface area contributed by atoms with Gasteiger partial charge in [-0.25, -0.2) is 0 Å². The summed E-state index contributed by atoms with van der Waals surface area (Å²) in [6, 6.07) is 0. The van der Waals surface area contributed by atoms with E-state index in [0.717, 1.165) is 43.4 Å². The molecule has 0 saturated heterocycles. The highest BCUT2D eigenvalue weighted by Gasteiger charge is 2.59. The van der Waals surface area contributed by atoms with Crippen LogP contribution in [0.5, 0.6) is 0 Å².